The molecule has 0 saturated carbocycles. The van der Waals surface area contributed by atoms with Crippen LogP contribution in [0.15, 0.2) is 44.3 Å². The van der Waals surface area contributed by atoms with Crippen LogP contribution in [0.25, 0.3) is 0 Å². The van der Waals surface area contributed by atoms with Gasteiger partial charge < -0.3 is 11.5 Å². The number of ketones is 1. The molecule has 0 fully saturated rings. The number of amides is 1. The Bertz CT molecular complexity index is 1280. The van der Waals surface area contributed by atoms with Crippen LogP contribution in [0.1, 0.15) is 33.4 Å². The number of primary amides is 1. The van der Waals surface area contributed by atoms with Gasteiger partial charge in [-0.15, -0.1) is 11.3 Å². The van der Waals surface area contributed by atoms with Gasteiger partial charge in [0.25, 0.3) is 5.56 Å². The number of thioether (sulfide) groups is 1. The van der Waals surface area contributed by atoms with Gasteiger partial charge in [0.1, 0.15) is 11.4 Å². The summed E-state index contributed by atoms with van der Waals surface area (Å²) in [5.41, 5.74) is 11.4. The lowest BCUT2D eigenvalue weighted by Crippen LogP contribution is -2.44. The molecule has 0 saturated heterocycles. The van der Waals surface area contributed by atoms with Crippen LogP contribution >= 0.6 is 23.1 Å². The standard InChI is InChI=1S/C21H23N5O4S2/c1-3-25-19(29)17(18(23)26(21(25)30)10-13-7-5-4-6-8-13)14(27)11-31-20-24-12(2)15(32-20)9-16(22)28/h4-8H,3,9-11,23H2,1-2H3,(H2,22,28). The van der Waals surface area contributed by atoms with E-state index in [4.69, 9.17) is 11.5 Å². The predicted molar refractivity (Wildman–Crippen MR) is 125 cm³/mol. The van der Waals surface area contributed by atoms with Gasteiger partial charge in [-0.3, -0.25) is 23.5 Å². The predicted octanol–water partition coefficient (Wildman–Crippen LogP) is 1.43. The minimum Gasteiger partial charge on any atom is -0.384 e. The highest BCUT2D eigenvalue weighted by molar-refractivity contribution is 8.01. The topological polar surface area (TPSA) is 143 Å². The number of carbonyl (C=O) groups excluding carboxylic acids is 2. The molecule has 2 aromatic heterocycles. The summed E-state index contributed by atoms with van der Waals surface area (Å²) in [7, 11) is 0. The third-order valence-corrected chi connectivity index (χ3v) is 7.08. The summed E-state index contributed by atoms with van der Waals surface area (Å²) in [5, 5.41) is 0. The molecule has 1 amide bonds. The number of carbonyl (C=O) groups is 2. The lowest BCUT2D eigenvalue weighted by Gasteiger charge is -2.15. The quantitative estimate of drug-likeness (QED) is 0.353. The molecule has 32 heavy (non-hydrogen) atoms. The Kier molecular flexibility index (Phi) is 7.31. The number of nitrogen functional groups attached to an aromatic ring is 1. The molecule has 0 aliphatic heterocycles. The molecule has 0 radical (unpaired) electrons. The molecule has 3 rings (SSSR count). The molecule has 0 spiro atoms. The van der Waals surface area contributed by atoms with Crippen molar-refractivity contribution in [1.29, 1.82) is 0 Å². The lowest BCUT2D eigenvalue weighted by atomic mass is 10.2. The zero-order valence-corrected chi connectivity index (χ0v) is 19.3. The number of hydrogen-bond acceptors (Lipinski definition) is 8. The Morgan fingerprint density at radius 1 is 1.16 bits per heavy atom. The molecule has 2 heterocycles. The van der Waals surface area contributed by atoms with Crippen LogP contribution in [-0.2, 0) is 24.3 Å². The van der Waals surface area contributed by atoms with E-state index in [-0.39, 0.29) is 36.6 Å². The van der Waals surface area contributed by atoms with Gasteiger partial charge in [0, 0.05) is 11.4 Å². The van der Waals surface area contributed by atoms with Crippen molar-refractivity contribution in [1.82, 2.24) is 14.1 Å². The van der Waals surface area contributed by atoms with Crippen LogP contribution < -0.4 is 22.7 Å². The molecule has 4 N–H and O–H groups in total. The van der Waals surface area contributed by atoms with Crippen LogP contribution in [-0.4, -0.2) is 31.6 Å². The maximum absolute atomic E-state index is 13.0. The second kappa shape index (κ2) is 9.96. The fourth-order valence-corrected chi connectivity index (χ4v) is 5.28. The van der Waals surface area contributed by atoms with Crippen molar-refractivity contribution < 1.29 is 9.59 Å². The Morgan fingerprint density at radius 3 is 2.47 bits per heavy atom. The molecule has 11 heteroatoms. The summed E-state index contributed by atoms with van der Waals surface area (Å²) in [4.78, 5) is 54.9. The van der Waals surface area contributed by atoms with Gasteiger partial charge in [-0.2, -0.15) is 0 Å². The van der Waals surface area contributed by atoms with E-state index in [0.717, 1.165) is 26.8 Å². The van der Waals surface area contributed by atoms with Crippen molar-refractivity contribution in [3.63, 3.8) is 0 Å². The average Bonchev–Trinajstić information content (AvgIpc) is 3.09. The first-order chi connectivity index (χ1) is 15.2. The van der Waals surface area contributed by atoms with Gasteiger partial charge >= 0.3 is 5.69 Å². The summed E-state index contributed by atoms with van der Waals surface area (Å²) in [5.74, 6) is -1.19. The number of hydrogen-bond donors (Lipinski definition) is 2. The lowest BCUT2D eigenvalue weighted by molar-refractivity contribution is -0.117. The van der Waals surface area contributed by atoms with E-state index in [2.05, 4.69) is 4.98 Å². The number of aromatic nitrogens is 3. The fourth-order valence-electron chi connectivity index (χ4n) is 3.16. The second-order valence-corrected chi connectivity index (χ2v) is 9.31. The molecule has 168 valence electrons. The first-order valence-electron chi connectivity index (χ1n) is 9.80. The molecule has 1 aromatic carbocycles. The molecule has 0 aliphatic rings. The van der Waals surface area contributed by atoms with E-state index in [9.17, 15) is 19.2 Å². The smallest absolute Gasteiger partial charge is 0.332 e. The van der Waals surface area contributed by atoms with Crippen LogP contribution in [0, 0.1) is 6.92 Å². The fraction of sp³-hybridized carbons (Fsp3) is 0.286. The minimum atomic E-state index is -0.699. The third-order valence-electron chi connectivity index (χ3n) is 4.78. The molecule has 9 nitrogen and oxygen atoms in total. The molecular weight excluding hydrogens is 450 g/mol. The first kappa shape index (κ1) is 23.5. The van der Waals surface area contributed by atoms with Crippen molar-refractivity contribution in [2.45, 2.75) is 37.7 Å². The van der Waals surface area contributed by atoms with E-state index in [1.165, 1.54) is 15.9 Å². The van der Waals surface area contributed by atoms with Gasteiger partial charge in [-0.05, 0) is 19.4 Å². The minimum absolute atomic E-state index is 0.0800. The van der Waals surface area contributed by atoms with Crippen molar-refractivity contribution >= 4 is 40.6 Å². The summed E-state index contributed by atoms with van der Waals surface area (Å²) in [6, 6.07) is 9.18. The molecule has 0 aliphatic carbocycles. The number of nitrogens with two attached hydrogens (primary N) is 2. The summed E-state index contributed by atoms with van der Waals surface area (Å²) < 4.78 is 2.84. The van der Waals surface area contributed by atoms with Crippen LogP contribution in [0.2, 0.25) is 0 Å². The molecule has 0 bridgehead atoms. The summed E-state index contributed by atoms with van der Waals surface area (Å²) >= 11 is 2.42. The van der Waals surface area contributed by atoms with Gasteiger partial charge in [-0.25, -0.2) is 9.78 Å². The Labute approximate surface area is 192 Å². The average molecular weight is 474 g/mol. The van der Waals surface area contributed by atoms with Crippen LogP contribution in [0.4, 0.5) is 5.82 Å². The molecule has 3 aromatic rings. The second-order valence-electron chi connectivity index (χ2n) is 7.01. The van der Waals surface area contributed by atoms with Crippen molar-refractivity contribution in [2.24, 2.45) is 5.73 Å². The Balaban J connectivity index is 1.92. The number of benzene rings is 1. The largest absolute Gasteiger partial charge is 0.384 e. The van der Waals surface area contributed by atoms with Gasteiger partial charge in [-0.1, -0.05) is 42.1 Å². The summed E-state index contributed by atoms with van der Waals surface area (Å²) in [6.45, 7) is 3.68. The van der Waals surface area contributed by atoms with Crippen molar-refractivity contribution in [3.05, 3.63) is 72.9 Å². The SMILES string of the molecule is CCn1c(=O)c(C(=O)CSc2nc(C)c(CC(N)=O)s2)c(N)n(Cc2ccccc2)c1=O. The van der Waals surface area contributed by atoms with E-state index in [0.29, 0.717) is 10.0 Å². The van der Waals surface area contributed by atoms with Gasteiger partial charge in [0.05, 0.1) is 24.4 Å². The molecule has 0 atom stereocenters. The Morgan fingerprint density at radius 2 is 1.84 bits per heavy atom. The maximum atomic E-state index is 13.0. The van der Waals surface area contributed by atoms with E-state index < -0.39 is 22.9 Å². The van der Waals surface area contributed by atoms with Crippen LogP contribution in [0.5, 0.6) is 0 Å². The number of aryl methyl sites for hydroxylation is 1. The van der Waals surface area contributed by atoms with Crippen molar-refractivity contribution in [2.75, 3.05) is 11.5 Å². The molecule has 0 unspecified atom stereocenters. The van der Waals surface area contributed by atoms with Crippen molar-refractivity contribution in [3.8, 4) is 0 Å². The highest BCUT2D eigenvalue weighted by Gasteiger charge is 2.23. The van der Waals surface area contributed by atoms with Crippen LogP contribution in [0.3, 0.4) is 0 Å². The maximum Gasteiger partial charge on any atom is 0.332 e. The zero-order chi connectivity index (χ0) is 23.4. The van der Waals surface area contributed by atoms with Gasteiger partial charge in [0.2, 0.25) is 5.91 Å². The number of Topliss-reactive ketones (excluding diaryl/α,β-unsaturated/α-hetero) is 1. The monoisotopic (exact) mass is 473 g/mol. The number of rotatable bonds is 9. The van der Waals surface area contributed by atoms with Gasteiger partial charge in [0.15, 0.2) is 10.1 Å². The summed E-state index contributed by atoms with van der Waals surface area (Å²) in [6.07, 6.45) is 0.0800. The highest BCUT2D eigenvalue weighted by atomic mass is 32.2. The first-order valence-corrected chi connectivity index (χ1v) is 11.6. The normalized spacial score (nSPS) is 10.9. The number of nitrogens with zero attached hydrogens (tertiary/aromatic N) is 3. The molecular formula is C21H23N5O4S2. The van der Waals surface area contributed by atoms with E-state index in [1.807, 2.05) is 30.3 Å². The zero-order valence-electron chi connectivity index (χ0n) is 17.7. The number of anilines is 1. The van der Waals surface area contributed by atoms with E-state index in [1.54, 1.807) is 13.8 Å². The number of thiazole rings is 1. The Hall–Kier alpha value is -3.18. The van der Waals surface area contributed by atoms with E-state index >= 15 is 0 Å². The third kappa shape index (κ3) is 5.00. The highest BCUT2D eigenvalue weighted by Crippen LogP contribution is 2.28.